The van der Waals surface area contributed by atoms with E-state index in [1.54, 1.807) is 26.1 Å². The smallest absolute Gasteiger partial charge is 0.310 e. The molecule has 0 aliphatic carbocycles. The van der Waals surface area contributed by atoms with Crippen LogP contribution in [0, 0.1) is 11.7 Å². The fourth-order valence-electron chi connectivity index (χ4n) is 1.97. The molecule has 0 bridgehead atoms. The van der Waals surface area contributed by atoms with Crippen LogP contribution >= 0.6 is 24.0 Å². The first-order chi connectivity index (χ1) is 11.5. The van der Waals surface area contributed by atoms with Crippen LogP contribution in [0.1, 0.15) is 20.3 Å². The summed E-state index contributed by atoms with van der Waals surface area (Å²) >= 11 is 0. The van der Waals surface area contributed by atoms with E-state index in [4.69, 9.17) is 4.74 Å². The molecular formula is C17H27FIN3O3. The van der Waals surface area contributed by atoms with Gasteiger partial charge in [-0.2, -0.15) is 0 Å². The van der Waals surface area contributed by atoms with E-state index in [0.717, 1.165) is 6.42 Å². The van der Waals surface area contributed by atoms with E-state index in [1.807, 2.05) is 6.92 Å². The van der Waals surface area contributed by atoms with Gasteiger partial charge in [-0.25, -0.2) is 4.39 Å². The number of ether oxygens (including phenoxy) is 2. The fraction of sp³-hybridized carbons (Fsp3) is 0.529. The van der Waals surface area contributed by atoms with Crippen LogP contribution in [-0.4, -0.2) is 45.3 Å². The van der Waals surface area contributed by atoms with Crippen LogP contribution in [0.2, 0.25) is 0 Å². The van der Waals surface area contributed by atoms with Gasteiger partial charge in [0.05, 0.1) is 19.6 Å². The number of guanidine groups is 1. The van der Waals surface area contributed by atoms with E-state index >= 15 is 0 Å². The van der Waals surface area contributed by atoms with Crippen molar-refractivity contribution in [3.63, 3.8) is 0 Å². The third-order valence-electron chi connectivity index (χ3n) is 3.45. The van der Waals surface area contributed by atoms with Crippen molar-refractivity contribution >= 4 is 35.9 Å². The van der Waals surface area contributed by atoms with Crippen molar-refractivity contribution in [2.24, 2.45) is 10.9 Å². The average Bonchev–Trinajstić information content (AvgIpc) is 2.59. The molecule has 8 heteroatoms. The van der Waals surface area contributed by atoms with Gasteiger partial charge in [-0.15, -0.1) is 24.0 Å². The Morgan fingerprint density at radius 3 is 2.56 bits per heavy atom. The van der Waals surface area contributed by atoms with E-state index in [2.05, 4.69) is 20.4 Å². The van der Waals surface area contributed by atoms with Gasteiger partial charge in [0.25, 0.3) is 0 Å². The summed E-state index contributed by atoms with van der Waals surface area (Å²) < 4.78 is 23.6. The van der Waals surface area contributed by atoms with Crippen molar-refractivity contribution in [2.75, 3.05) is 27.2 Å². The van der Waals surface area contributed by atoms with Gasteiger partial charge in [0.2, 0.25) is 0 Å². The second kappa shape index (κ2) is 12.7. The van der Waals surface area contributed by atoms with Crippen LogP contribution in [0.5, 0.6) is 5.75 Å². The lowest BCUT2D eigenvalue weighted by atomic mass is 10.2. The lowest BCUT2D eigenvalue weighted by molar-refractivity contribution is -0.144. The standard InChI is InChI=1S/C17H26FN3O3.HI/c1-5-14(24-15-8-6-7-13(18)9-15)11-21-17(19-3)20-10-12(2)16(22)23-4;/h6-9,12,14H,5,10-11H2,1-4H3,(H2,19,20,21);1H. The van der Waals surface area contributed by atoms with Gasteiger partial charge in [-0.1, -0.05) is 19.9 Å². The highest BCUT2D eigenvalue weighted by molar-refractivity contribution is 14.0. The summed E-state index contributed by atoms with van der Waals surface area (Å²) in [5.74, 6) is 0.167. The molecule has 0 fully saturated rings. The normalized spacial score (nSPS) is 13.2. The van der Waals surface area contributed by atoms with Crippen LogP contribution in [-0.2, 0) is 9.53 Å². The summed E-state index contributed by atoms with van der Waals surface area (Å²) in [6, 6.07) is 6.06. The van der Waals surface area contributed by atoms with Crippen molar-refractivity contribution in [3.8, 4) is 5.75 Å². The topological polar surface area (TPSA) is 72.0 Å². The molecule has 25 heavy (non-hydrogen) atoms. The SMILES string of the molecule is CCC(CNC(=NC)NCC(C)C(=O)OC)Oc1cccc(F)c1.I. The lowest BCUT2D eigenvalue weighted by Crippen LogP contribution is -2.44. The minimum atomic E-state index is -0.329. The van der Waals surface area contributed by atoms with Gasteiger partial charge >= 0.3 is 5.97 Å². The van der Waals surface area contributed by atoms with Gasteiger partial charge in [0.15, 0.2) is 5.96 Å². The average molecular weight is 467 g/mol. The molecule has 0 spiro atoms. The molecule has 2 unspecified atom stereocenters. The Kier molecular flexibility index (Phi) is 11.9. The summed E-state index contributed by atoms with van der Waals surface area (Å²) in [6.45, 7) is 4.67. The Hall–Kier alpha value is -1.58. The number of benzene rings is 1. The molecular weight excluding hydrogens is 440 g/mol. The van der Waals surface area contributed by atoms with Gasteiger partial charge in [-0.05, 0) is 18.6 Å². The molecule has 0 saturated carbocycles. The van der Waals surface area contributed by atoms with E-state index in [9.17, 15) is 9.18 Å². The number of hydrogen-bond acceptors (Lipinski definition) is 4. The molecule has 0 heterocycles. The molecule has 2 N–H and O–H groups in total. The highest BCUT2D eigenvalue weighted by Gasteiger charge is 2.14. The Morgan fingerprint density at radius 2 is 2.00 bits per heavy atom. The van der Waals surface area contributed by atoms with Crippen LogP contribution in [0.25, 0.3) is 0 Å². The third-order valence-corrected chi connectivity index (χ3v) is 3.45. The lowest BCUT2D eigenvalue weighted by Gasteiger charge is -2.20. The monoisotopic (exact) mass is 467 g/mol. The van der Waals surface area contributed by atoms with Crippen molar-refractivity contribution in [1.82, 2.24) is 10.6 Å². The minimum absolute atomic E-state index is 0. The summed E-state index contributed by atoms with van der Waals surface area (Å²) in [6.07, 6.45) is 0.613. The predicted octanol–water partition coefficient (Wildman–Crippen LogP) is 2.58. The predicted molar refractivity (Wildman–Crippen MR) is 107 cm³/mol. The number of aliphatic imine (C=N–C) groups is 1. The maximum absolute atomic E-state index is 13.2. The molecule has 0 amide bonds. The summed E-state index contributed by atoms with van der Waals surface area (Å²) in [5.41, 5.74) is 0. The van der Waals surface area contributed by atoms with Gasteiger partial charge < -0.3 is 20.1 Å². The second-order valence-corrected chi connectivity index (χ2v) is 5.36. The number of esters is 1. The van der Waals surface area contributed by atoms with E-state index in [0.29, 0.717) is 24.8 Å². The molecule has 1 aromatic carbocycles. The molecule has 1 rings (SSSR count). The number of nitrogens with zero attached hydrogens (tertiary/aromatic N) is 1. The number of carbonyl (C=O) groups excluding carboxylic acids is 1. The maximum Gasteiger partial charge on any atom is 0.310 e. The Bertz CT molecular complexity index is 558. The molecule has 1 aromatic rings. The number of halogens is 2. The minimum Gasteiger partial charge on any atom is -0.489 e. The van der Waals surface area contributed by atoms with Crippen LogP contribution in [0.4, 0.5) is 4.39 Å². The number of hydrogen-bond donors (Lipinski definition) is 2. The fourth-order valence-corrected chi connectivity index (χ4v) is 1.97. The van der Waals surface area contributed by atoms with Gasteiger partial charge in [-0.3, -0.25) is 9.79 Å². The van der Waals surface area contributed by atoms with Crippen molar-refractivity contribution in [3.05, 3.63) is 30.1 Å². The van der Waals surface area contributed by atoms with Crippen LogP contribution in [0.3, 0.4) is 0 Å². The van der Waals surface area contributed by atoms with Crippen LogP contribution < -0.4 is 15.4 Å². The largest absolute Gasteiger partial charge is 0.489 e. The Balaban J connectivity index is 0.00000576. The van der Waals surface area contributed by atoms with Crippen molar-refractivity contribution in [1.29, 1.82) is 0 Å². The molecule has 2 atom stereocenters. The summed E-state index contributed by atoms with van der Waals surface area (Å²) in [5, 5.41) is 6.19. The summed E-state index contributed by atoms with van der Waals surface area (Å²) in [7, 11) is 3.01. The summed E-state index contributed by atoms with van der Waals surface area (Å²) in [4.78, 5) is 15.5. The van der Waals surface area contributed by atoms with E-state index in [1.165, 1.54) is 19.2 Å². The van der Waals surface area contributed by atoms with Crippen LogP contribution in [0.15, 0.2) is 29.3 Å². The molecule has 0 aliphatic rings. The zero-order chi connectivity index (χ0) is 17.9. The quantitative estimate of drug-likeness (QED) is 0.266. The molecule has 0 aliphatic heterocycles. The number of methoxy groups -OCH3 is 1. The van der Waals surface area contributed by atoms with Crippen molar-refractivity contribution in [2.45, 2.75) is 26.4 Å². The molecule has 0 radical (unpaired) electrons. The zero-order valence-corrected chi connectivity index (χ0v) is 17.4. The maximum atomic E-state index is 13.2. The van der Waals surface area contributed by atoms with Gasteiger partial charge in [0, 0.05) is 19.7 Å². The van der Waals surface area contributed by atoms with E-state index in [-0.39, 0.29) is 47.8 Å². The third kappa shape index (κ3) is 8.89. The molecule has 142 valence electrons. The molecule has 0 saturated heterocycles. The molecule has 0 aromatic heterocycles. The first kappa shape index (κ1) is 23.4. The highest BCUT2D eigenvalue weighted by atomic mass is 127. The number of rotatable bonds is 8. The Labute approximate surface area is 165 Å². The number of carbonyl (C=O) groups is 1. The first-order valence-corrected chi connectivity index (χ1v) is 7.94. The van der Waals surface area contributed by atoms with Gasteiger partial charge in [0.1, 0.15) is 17.7 Å². The Morgan fingerprint density at radius 1 is 1.32 bits per heavy atom. The van der Waals surface area contributed by atoms with Crippen molar-refractivity contribution < 1.29 is 18.7 Å². The zero-order valence-electron chi connectivity index (χ0n) is 15.0. The highest BCUT2D eigenvalue weighted by Crippen LogP contribution is 2.14. The van der Waals surface area contributed by atoms with E-state index < -0.39 is 0 Å². The first-order valence-electron chi connectivity index (χ1n) is 7.94. The second-order valence-electron chi connectivity index (χ2n) is 5.36. The number of nitrogens with one attached hydrogen (secondary N) is 2. The molecule has 6 nitrogen and oxygen atoms in total.